The first-order valence-electron chi connectivity index (χ1n) is 5.36. The summed E-state index contributed by atoms with van der Waals surface area (Å²) >= 11 is 5.78. The molecule has 0 atom stereocenters. The Morgan fingerprint density at radius 2 is 2.14 bits per heavy atom. The van der Waals surface area contributed by atoms with E-state index in [-0.39, 0.29) is 10.8 Å². The molecule has 0 aliphatic heterocycles. The van der Waals surface area contributed by atoms with Crippen molar-refractivity contribution in [2.45, 2.75) is 5.03 Å². The Morgan fingerprint density at radius 3 is 2.62 bits per heavy atom. The van der Waals surface area contributed by atoms with Crippen LogP contribution >= 0.6 is 11.6 Å². The lowest BCUT2D eigenvalue weighted by Crippen LogP contribution is -2.14. The Hall–Kier alpha value is -2.20. The highest BCUT2D eigenvalue weighted by Gasteiger charge is 2.23. The van der Waals surface area contributed by atoms with E-state index < -0.39 is 31.5 Å². The zero-order valence-electron chi connectivity index (χ0n) is 10.4. The molecule has 1 heterocycles. The van der Waals surface area contributed by atoms with Crippen LogP contribution in [0.1, 0.15) is 0 Å². The van der Waals surface area contributed by atoms with E-state index in [0.29, 0.717) is 6.07 Å². The Labute approximate surface area is 123 Å². The third-order valence-corrected chi connectivity index (χ3v) is 4.36. The second-order valence-corrected chi connectivity index (χ2v) is 5.94. The lowest BCUT2D eigenvalue weighted by molar-refractivity contribution is -0.387. The van der Waals surface area contributed by atoms with Crippen LogP contribution in [0.2, 0.25) is 5.15 Å². The van der Waals surface area contributed by atoms with Crippen molar-refractivity contribution in [2.75, 3.05) is 4.72 Å². The van der Waals surface area contributed by atoms with Crippen molar-refractivity contribution < 1.29 is 17.7 Å². The number of nitrogens with zero attached hydrogens (tertiary/aromatic N) is 3. The average Bonchev–Trinajstić information content (AvgIpc) is 2.69. The predicted molar refractivity (Wildman–Crippen MR) is 72.1 cm³/mol. The summed E-state index contributed by atoms with van der Waals surface area (Å²) < 4.78 is 40.8. The first-order valence-corrected chi connectivity index (χ1v) is 7.22. The van der Waals surface area contributed by atoms with Gasteiger partial charge in [-0.05, 0) is 6.07 Å². The maximum absolute atomic E-state index is 13.4. The molecule has 1 aromatic carbocycles. The topological polar surface area (TPSA) is 107 Å². The Kier molecular flexibility index (Phi) is 3.83. The van der Waals surface area contributed by atoms with Gasteiger partial charge in [-0.2, -0.15) is 12.8 Å². The van der Waals surface area contributed by atoms with E-state index in [9.17, 15) is 22.9 Å². The molecule has 0 amide bonds. The van der Waals surface area contributed by atoms with Crippen LogP contribution in [0.15, 0.2) is 29.6 Å². The maximum atomic E-state index is 13.4. The molecule has 112 valence electrons. The van der Waals surface area contributed by atoms with Crippen LogP contribution in [0.3, 0.4) is 0 Å². The van der Waals surface area contributed by atoms with Crippen molar-refractivity contribution in [3.05, 3.63) is 45.6 Å². The summed E-state index contributed by atoms with van der Waals surface area (Å²) in [5.41, 5.74) is -0.936. The molecule has 0 saturated carbocycles. The summed E-state index contributed by atoms with van der Waals surface area (Å²) in [7, 11) is -2.62. The van der Waals surface area contributed by atoms with Gasteiger partial charge < -0.3 is 4.57 Å². The summed E-state index contributed by atoms with van der Waals surface area (Å²) in [5.74, 6) is -1.16. The van der Waals surface area contributed by atoms with Gasteiger partial charge in [0.05, 0.1) is 16.9 Å². The summed E-state index contributed by atoms with van der Waals surface area (Å²) in [6.45, 7) is 0. The molecule has 21 heavy (non-hydrogen) atoms. The first-order chi connectivity index (χ1) is 9.72. The highest BCUT2D eigenvalue weighted by Crippen LogP contribution is 2.25. The third kappa shape index (κ3) is 2.95. The molecular formula is C10H8ClFN4O4S. The minimum atomic E-state index is -4.12. The standard InChI is InChI=1S/C10H8ClFN4O4S/c1-15-5-13-10(9(15)11)21(19,20)14-6-2-3-8(16(17)18)7(12)4-6/h2-5,14H,1H3. The molecule has 0 unspecified atom stereocenters. The largest absolute Gasteiger partial charge is 0.324 e. The van der Waals surface area contributed by atoms with E-state index in [1.54, 1.807) is 0 Å². The lowest BCUT2D eigenvalue weighted by Gasteiger charge is -2.06. The molecule has 1 aromatic heterocycles. The van der Waals surface area contributed by atoms with Crippen LogP contribution in [0.5, 0.6) is 0 Å². The van der Waals surface area contributed by atoms with Crippen molar-refractivity contribution in [3.63, 3.8) is 0 Å². The number of sulfonamides is 1. The van der Waals surface area contributed by atoms with Crippen LogP contribution in [-0.2, 0) is 17.1 Å². The van der Waals surface area contributed by atoms with Gasteiger partial charge in [-0.3, -0.25) is 14.8 Å². The number of imidazole rings is 1. The van der Waals surface area contributed by atoms with Crippen LogP contribution in [-0.4, -0.2) is 22.9 Å². The number of aryl methyl sites for hydroxylation is 1. The third-order valence-electron chi connectivity index (χ3n) is 2.49. The fourth-order valence-electron chi connectivity index (χ4n) is 1.50. The second kappa shape index (κ2) is 5.30. The van der Waals surface area contributed by atoms with Crippen LogP contribution in [0.4, 0.5) is 15.8 Å². The molecule has 1 N–H and O–H groups in total. The second-order valence-electron chi connectivity index (χ2n) is 3.98. The lowest BCUT2D eigenvalue weighted by atomic mass is 10.3. The molecular weight excluding hydrogens is 327 g/mol. The van der Waals surface area contributed by atoms with Gasteiger partial charge in [0.25, 0.3) is 10.0 Å². The molecule has 0 radical (unpaired) electrons. The molecule has 0 spiro atoms. The number of hydrogen-bond acceptors (Lipinski definition) is 5. The molecule has 0 bridgehead atoms. The zero-order chi connectivity index (χ0) is 15.8. The molecule has 2 rings (SSSR count). The molecule has 0 aliphatic rings. The molecule has 0 saturated heterocycles. The quantitative estimate of drug-likeness (QED) is 0.679. The van der Waals surface area contributed by atoms with Gasteiger partial charge in [0.2, 0.25) is 10.8 Å². The number of nitrogens with one attached hydrogen (secondary N) is 1. The normalized spacial score (nSPS) is 11.4. The van der Waals surface area contributed by atoms with Crippen molar-refractivity contribution in [3.8, 4) is 0 Å². The van der Waals surface area contributed by atoms with E-state index in [1.807, 2.05) is 4.72 Å². The smallest absolute Gasteiger partial charge is 0.304 e. The van der Waals surface area contributed by atoms with Crippen molar-refractivity contribution in [2.24, 2.45) is 7.05 Å². The first kappa shape index (κ1) is 15.2. The van der Waals surface area contributed by atoms with E-state index >= 15 is 0 Å². The van der Waals surface area contributed by atoms with Gasteiger partial charge in [-0.1, -0.05) is 11.6 Å². The number of hydrogen-bond donors (Lipinski definition) is 1. The Morgan fingerprint density at radius 1 is 1.48 bits per heavy atom. The average molecular weight is 335 g/mol. The summed E-state index contributed by atoms with van der Waals surface area (Å²) in [6.07, 6.45) is 1.20. The van der Waals surface area contributed by atoms with Gasteiger partial charge in [0.15, 0.2) is 0 Å². The Balaban J connectivity index is 2.35. The fraction of sp³-hybridized carbons (Fsp3) is 0.100. The molecule has 11 heteroatoms. The zero-order valence-corrected chi connectivity index (χ0v) is 12.0. The minimum Gasteiger partial charge on any atom is -0.324 e. The molecule has 2 aromatic rings. The number of nitro groups is 1. The van der Waals surface area contributed by atoms with E-state index in [0.717, 1.165) is 12.1 Å². The fourth-order valence-corrected chi connectivity index (χ4v) is 2.98. The molecule has 0 fully saturated rings. The van der Waals surface area contributed by atoms with Crippen molar-refractivity contribution >= 4 is 33.0 Å². The molecule has 0 aliphatic carbocycles. The number of anilines is 1. The van der Waals surface area contributed by atoms with Crippen LogP contribution < -0.4 is 4.72 Å². The Bertz CT molecular complexity index is 820. The van der Waals surface area contributed by atoms with Gasteiger partial charge >= 0.3 is 5.69 Å². The van der Waals surface area contributed by atoms with Crippen molar-refractivity contribution in [1.82, 2.24) is 9.55 Å². The summed E-state index contributed by atoms with van der Waals surface area (Å²) in [5, 5.41) is 9.94. The summed E-state index contributed by atoms with van der Waals surface area (Å²) in [6, 6.07) is 2.62. The highest BCUT2D eigenvalue weighted by atomic mass is 35.5. The number of halogens is 2. The molecule has 8 nitrogen and oxygen atoms in total. The van der Waals surface area contributed by atoms with Gasteiger partial charge in [0.1, 0.15) is 5.15 Å². The highest BCUT2D eigenvalue weighted by molar-refractivity contribution is 7.92. The summed E-state index contributed by atoms with van der Waals surface area (Å²) in [4.78, 5) is 13.2. The van der Waals surface area contributed by atoms with Gasteiger partial charge in [-0.25, -0.2) is 4.98 Å². The number of benzene rings is 1. The number of nitro benzene ring substituents is 1. The van der Waals surface area contributed by atoms with Crippen molar-refractivity contribution in [1.29, 1.82) is 0 Å². The van der Waals surface area contributed by atoms with E-state index in [1.165, 1.54) is 17.9 Å². The number of aromatic nitrogens is 2. The van der Waals surface area contributed by atoms with E-state index in [2.05, 4.69) is 4.98 Å². The SMILES string of the molecule is Cn1cnc(S(=O)(=O)Nc2ccc([N+](=O)[O-])c(F)c2)c1Cl. The van der Waals surface area contributed by atoms with Crippen LogP contribution in [0.25, 0.3) is 0 Å². The van der Waals surface area contributed by atoms with Gasteiger partial charge in [0, 0.05) is 19.2 Å². The number of rotatable bonds is 4. The maximum Gasteiger partial charge on any atom is 0.304 e. The van der Waals surface area contributed by atoms with Gasteiger partial charge in [-0.15, -0.1) is 0 Å². The van der Waals surface area contributed by atoms with Crippen LogP contribution in [0, 0.1) is 15.9 Å². The monoisotopic (exact) mass is 334 g/mol. The van der Waals surface area contributed by atoms with E-state index in [4.69, 9.17) is 11.6 Å². The minimum absolute atomic E-state index is 0.120. The predicted octanol–water partition coefficient (Wildman–Crippen LogP) is 1.92.